The molecule has 0 unspecified atom stereocenters. The van der Waals surface area contributed by atoms with Gasteiger partial charge in [0.1, 0.15) is 0 Å². The molecule has 5 heteroatoms. The van der Waals surface area contributed by atoms with Crippen LogP contribution in [0.3, 0.4) is 0 Å². The van der Waals surface area contributed by atoms with Gasteiger partial charge < -0.3 is 11.1 Å². The maximum absolute atomic E-state index is 11.5. The molecule has 1 aromatic heterocycles. The van der Waals surface area contributed by atoms with Crippen LogP contribution in [0.5, 0.6) is 0 Å². The molecule has 19 heavy (non-hydrogen) atoms. The minimum Gasteiger partial charge on any atom is -0.356 e. The fraction of sp³-hybridized carbons (Fsp3) is 0.714. The highest BCUT2D eigenvalue weighted by Gasteiger charge is 2.01. The molecule has 1 rings (SSSR count). The van der Waals surface area contributed by atoms with Crippen LogP contribution in [0.2, 0.25) is 0 Å². The van der Waals surface area contributed by atoms with Crippen LogP contribution in [0.1, 0.15) is 44.1 Å². The lowest BCUT2D eigenvalue weighted by Crippen LogP contribution is -2.24. The van der Waals surface area contributed by atoms with Crippen molar-refractivity contribution in [2.75, 3.05) is 13.1 Å². The SMILES string of the molecule is Cn1cc(CCCNC(=O)CCCCCCN)cn1. The zero-order chi connectivity index (χ0) is 13.9. The van der Waals surface area contributed by atoms with Crippen molar-refractivity contribution in [1.82, 2.24) is 15.1 Å². The van der Waals surface area contributed by atoms with Crippen LogP contribution in [-0.4, -0.2) is 28.8 Å². The van der Waals surface area contributed by atoms with Crippen LogP contribution >= 0.6 is 0 Å². The monoisotopic (exact) mass is 266 g/mol. The fourth-order valence-electron chi connectivity index (χ4n) is 1.99. The van der Waals surface area contributed by atoms with E-state index in [4.69, 9.17) is 5.73 Å². The summed E-state index contributed by atoms with van der Waals surface area (Å²) in [6, 6.07) is 0. The zero-order valence-corrected chi connectivity index (χ0v) is 11.9. The summed E-state index contributed by atoms with van der Waals surface area (Å²) >= 11 is 0. The largest absolute Gasteiger partial charge is 0.356 e. The van der Waals surface area contributed by atoms with E-state index in [0.717, 1.165) is 51.6 Å². The highest BCUT2D eigenvalue weighted by atomic mass is 16.1. The van der Waals surface area contributed by atoms with Crippen LogP contribution in [0, 0.1) is 0 Å². The number of nitrogens with two attached hydrogens (primary N) is 1. The molecule has 1 heterocycles. The molecule has 0 fully saturated rings. The Balaban J connectivity index is 1.95. The number of nitrogens with one attached hydrogen (secondary N) is 1. The predicted molar refractivity (Wildman–Crippen MR) is 76.7 cm³/mol. The lowest BCUT2D eigenvalue weighted by molar-refractivity contribution is -0.121. The second-order valence-corrected chi connectivity index (χ2v) is 4.93. The van der Waals surface area contributed by atoms with Gasteiger partial charge in [-0.05, 0) is 37.8 Å². The summed E-state index contributed by atoms with van der Waals surface area (Å²) < 4.78 is 1.80. The van der Waals surface area contributed by atoms with Crippen molar-refractivity contribution in [2.45, 2.75) is 44.9 Å². The van der Waals surface area contributed by atoms with E-state index in [-0.39, 0.29) is 5.91 Å². The molecule has 0 aliphatic rings. The molecule has 0 aliphatic heterocycles. The van der Waals surface area contributed by atoms with Crippen molar-refractivity contribution >= 4 is 5.91 Å². The third kappa shape index (κ3) is 7.62. The summed E-state index contributed by atoms with van der Waals surface area (Å²) in [4.78, 5) is 11.5. The summed E-state index contributed by atoms with van der Waals surface area (Å²) in [6.45, 7) is 1.50. The number of aryl methyl sites for hydroxylation is 2. The van der Waals surface area contributed by atoms with Gasteiger partial charge in [0.25, 0.3) is 0 Å². The van der Waals surface area contributed by atoms with Crippen molar-refractivity contribution in [3.63, 3.8) is 0 Å². The van der Waals surface area contributed by atoms with Crippen LogP contribution < -0.4 is 11.1 Å². The molecule has 0 spiro atoms. The maximum Gasteiger partial charge on any atom is 0.219 e. The Morgan fingerprint density at radius 2 is 2.11 bits per heavy atom. The Kier molecular flexibility index (Phi) is 7.89. The van der Waals surface area contributed by atoms with Crippen molar-refractivity contribution in [2.24, 2.45) is 12.8 Å². The van der Waals surface area contributed by atoms with Crippen LogP contribution in [0.4, 0.5) is 0 Å². The number of amides is 1. The molecule has 5 nitrogen and oxygen atoms in total. The quantitative estimate of drug-likeness (QED) is 0.628. The third-order valence-electron chi connectivity index (χ3n) is 3.08. The summed E-state index contributed by atoms with van der Waals surface area (Å²) in [5.41, 5.74) is 6.64. The van der Waals surface area contributed by atoms with Gasteiger partial charge in [0.15, 0.2) is 0 Å². The van der Waals surface area contributed by atoms with Crippen molar-refractivity contribution in [3.05, 3.63) is 18.0 Å². The molecule has 0 bridgehead atoms. The van der Waals surface area contributed by atoms with Gasteiger partial charge in [-0.2, -0.15) is 5.10 Å². The summed E-state index contributed by atoms with van der Waals surface area (Å²) in [7, 11) is 1.91. The highest BCUT2D eigenvalue weighted by Crippen LogP contribution is 2.02. The molecule has 1 amide bonds. The van der Waals surface area contributed by atoms with Gasteiger partial charge in [0.2, 0.25) is 5.91 Å². The second-order valence-electron chi connectivity index (χ2n) is 4.93. The van der Waals surface area contributed by atoms with E-state index in [1.807, 2.05) is 19.4 Å². The lowest BCUT2D eigenvalue weighted by atomic mass is 10.1. The molecule has 0 aromatic carbocycles. The molecule has 108 valence electrons. The van der Waals surface area contributed by atoms with E-state index in [9.17, 15) is 4.79 Å². The number of unbranched alkanes of at least 4 members (excludes halogenated alkanes) is 3. The average Bonchev–Trinajstić information content (AvgIpc) is 2.80. The summed E-state index contributed by atoms with van der Waals surface area (Å²) in [5.74, 6) is 0.166. The molecule has 1 aromatic rings. The minimum atomic E-state index is 0.166. The number of hydrogen-bond donors (Lipinski definition) is 2. The number of carbonyl (C=O) groups is 1. The van der Waals surface area contributed by atoms with Crippen LogP contribution in [0.25, 0.3) is 0 Å². The number of nitrogens with zero attached hydrogens (tertiary/aromatic N) is 2. The molecular formula is C14H26N4O. The predicted octanol–water partition coefficient (Wildman–Crippen LogP) is 1.38. The Hall–Kier alpha value is -1.36. The van der Waals surface area contributed by atoms with E-state index in [0.29, 0.717) is 6.42 Å². The van der Waals surface area contributed by atoms with E-state index >= 15 is 0 Å². The first-order valence-electron chi connectivity index (χ1n) is 7.16. The van der Waals surface area contributed by atoms with Gasteiger partial charge in [-0.15, -0.1) is 0 Å². The van der Waals surface area contributed by atoms with Gasteiger partial charge in [-0.1, -0.05) is 12.8 Å². The highest BCUT2D eigenvalue weighted by molar-refractivity contribution is 5.75. The number of hydrogen-bond acceptors (Lipinski definition) is 3. The zero-order valence-electron chi connectivity index (χ0n) is 11.9. The maximum atomic E-state index is 11.5. The Bertz CT molecular complexity index is 362. The van der Waals surface area contributed by atoms with Gasteiger partial charge in [0.05, 0.1) is 6.20 Å². The average molecular weight is 266 g/mol. The second kappa shape index (κ2) is 9.55. The number of rotatable bonds is 10. The summed E-state index contributed by atoms with van der Waals surface area (Å²) in [5, 5.41) is 7.08. The standard InChI is InChI=1S/C14H26N4O/c1-18-12-13(11-17-18)7-6-10-16-14(19)8-4-2-3-5-9-15/h11-12H,2-10,15H2,1H3,(H,16,19). The van der Waals surface area contributed by atoms with Gasteiger partial charge >= 0.3 is 0 Å². The van der Waals surface area contributed by atoms with E-state index in [1.54, 1.807) is 4.68 Å². The first-order valence-corrected chi connectivity index (χ1v) is 7.16. The fourth-order valence-corrected chi connectivity index (χ4v) is 1.99. The Labute approximate surface area is 115 Å². The van der Waals surface area contributed by atoms with Crippen molar-refractivity contribution < 1.29 is 4.79 Å². The van der Waals surface area contributed by atoms with Crippen molar-refractivity contribution in [1.29, 1.82) is 0 Å². The normalized spacial score (nSPS) is 10.6. The Morgan fingerprint density at radius 3 is 2.79 bits per heavy atom. The number of aromatic nitrogens is 2. The van der Waals surface area contributed by atoms with Crippen molar-refractivity contribution in [3.8, 4) is 0 Å². The van der Waals surface area contributed by atoms with E-state index in [2.05, 4.69) is 10.4 Å². The lowest BCUT2D eigenvalue weighted by Gasteiger charge is -2.04. The topological polar surface area (TPSA) is 72.9 Å². The smallest absolute Gasteiger partial charge is 0.219 e. The third-order valence-corrected chi connectivity index (χ3v) is 3.08. The van der Waals surface area contributed by atoms with Gasteiger partial charge in [-0.25, -0.2) is 0 Å². The first kappa shape index (κ1) is 15.7. The molecule has 0 atom stereocenters. The minimum absolute atomic E-state index is 0.166. The van der Waals surface area contributed by atoms with Crippen LogP contribution in [-0.2, 0) is 18.3 Å². The van der Waals surface area contributed by atoms with E-state index in [1.165, 1.54) is 5.56 Å². The van der Waals surface area contributed by atoms with E-state index < -0.39 is 0 Å². The Morgan fingerprint density at radius 1 is 1.32 bits per heavy atom. The molecule has 0 aliphatic carbocycles. The molecule has 0 saturated heterocycles. The van der Waals surface area contributed by atoms with Gasteiger partial charge in [0, 0.05) is 26.2 Å². The first-order chi connectivity index (χ1) is 9.22. The molecule has 0 saturated carbocycles. The summed E-state index contributed by atoms with van der Waals surface area (Å²) in [6.07, 6.45) is 10.7. The molecule has 0 radical (unpaired) electrons. The number of carbonyl (C=O) groups excluding carboxylic acids is 1. The molecular weight excluding hydrogens is 240 g/mol. The van der Waals surface area contributed by atoms with Crippen LogP contribution in [0.15, 0.2) is 12.4 Å². The molecule has 3 N–H and O–H groups in total. The van der Waals surface area contributed by atoms with Gasteiger partial charge in [-0.3, -0.25) is 9.48 Å².